The van der Waals surface area contributed by atoms with Crippen molar-refractivity contribution in [2.75, 3.05) is 26.2 Å². The third kappa shape index (κ3) is 5.33. The summed E-state index contributed by atoms with van der Waals surface area (Å²) in [6.07, 6.45) is 6.48. The zero-order chi connectivity index (χ0) is 21.4. The molecule has 1 aliphatic heterocycles. The van der Waals surface area contributed by atoms with Crippen LogP contribution in [0, 0.1) is 5.41 Å². The van der Waals surface area contributed by atoms with Crippen LogP contribution in [0.5, 0.6) is 0 Å². The van der Waals surface area contributed by atoms with Gasteiger partial charge < -0.3 is 5.32 Å². The van der Waals surface area contributed by atoms with Crippen LogP contribution in [-0.4, -0.2) is 50.8 Å². The first kappa shape index (κ1) is 22.8. The SMILES string of the molecule is CC1(CC(c2cccc(Cl)c2Cl)N2CCNCC2)CCC(NS(=O)(=O)C2CC2)CC1. The normalized spacial score (nSPS) is 29.6. The summed E-state index contributed by atoms with van der Waals surface area (Å²) < 4.78 is 27.6. The Bertz CT molecular complexity index is 846. The maximum atomic E-state index is 12.3. The van der Waals surface area contributed by atoms with E-state index in [9.17, 15) is 8.42 Å². The Morgan fingerprint density at radius 1 is 1.17 bits per heavy atom. The topological polar surface area (TPSA) is 61.4 Å². The van der Waals surface area contributed by atoms with Crippen molar-refractivity contribution < 1.29 is 8.42 Å². The highest BCUT2D eigenvalue weighted by Gasteiger charge is 2.40. The molecule has 0 amide bonds. The Morgan fingerprint density at radius 3 is 2.47 bits per heavy atom. The minimum absolute atomic E-state index is 0.0797. The molecule has 2 saturated carbocycles. The van der Waals surface area contributed by atoms with Gasteiger partial charge in [-0.25, -0.2) is 13.1 Å². The van der Waals surface area contributed by atoms with Gasteiger partial charge in [-0.1, -0.05) is 42.3 Å². The van der Waals surface area contributed by atoms with E-state index in [2.05, 4.69) is 27.9 Å². The van der Waals surface area contributed by atoms with Gasteiger partial charge in [0.2, 0.25) is 10.0 Å². The molecule has 5 nitrogen and oxygen atoms in total. The summed E-state index contributed by atoms with van der Waals surface area (Å²) in [6, 6.07) is 6.25. The minimum atomic E-state index is -3.11. The van der Waals surface area contributed by atoms with Crippen molar-refractivity contribution >= 4 is 33.2 Å². The summed E-state index contributed by atoms with van der Waals surface area (Å²) in [5.74, 6) is 0. The zero-order valence-corrected chi connectivity index (χ0v) is 20.0. The van der Waals surface area contributed by atoms with E-state index in [0.29, 0.717) is 10.0 Å². The summed E-state index contributed by atoms with van der Waals surface area (Å²) in [5.41, 5.74) is 1.27. The Balaban J connectivity index is 1.46. The fraction of sp³-hybridized carbons (Fsp3) is 0.727. The fourth-order valence-corrected chi connectivity index (χ4v) is 7.10. The van der Waals surface area contributed by atoms with E-state index >= 15 is 0 Å². The van der Waals surface area contributed by atoms with E-state index in [1.54, 1.807) is 0 Å². The number of hydrogen-bond donors (Lipinski definition) is 2. The lowest BCUT2D eigenvalue weighted by molar-refractivity contribution is 0.0901. The Morgan fingerprint density at radius 2 is 1.83 bits per heavy atom. The molecule has 1 aromatic rings. The standard InChI is InChI=1S/C22H33Cl2N3O2S/c1-22(9-7-16(8-10-22)26-30(28,29)17-5-6-17)15-20(27-13-11-25-12-14-27)18-3-2-4-19(23)21(18)24/h2-4,16-17,20,25-26H,5-15H2,1H3. The van der Waals surface area contributed by atoms with Crippen LogP contribution in [0.15, 0.2) is 18.2 Å². The molecule has 30 heavy (non-hydrogen) atoms. The smallest absolute Gasteiger partial charge is 0.214 e. The monoisotopic (exact) mass is 473 g/mol. The molecule has 1 atom stereocenters. The molecule has 168 valence electrons. The van der Waals surface area contributed by atoms with Gasteiger partial charge >= 0.3 is 0 Å². The van der Waals surface area contributed by atoms with Gasteiger partial charge in [-0.05, 0) is 62.0 Å². The molecule has 3 aliphatic rings. The van der Waals surface area contributed by atoms with Gasteiger partial charge in [0.1, 0.15) is 0 Å². The molecule has 1 heterocycles. The van der Waals surface area contributed by atoms with Crippen molar-refractivity contribution in [3.05, 3.63) is 33.8 Å². The summed E-state index contributed by atoms with van der Waals surface area (Å²) in [6.45, 7) is 6.31. The van der Waals surface area contributed by atoms with Crippen molar-refractivity contribution in [2.24, 2.45) is 5.41 Å². The van der Waals surface area contributed by atoms with E-state index in [1.807, 2.05) is 12.1 Å². The molecular weight excluding hydrogens is 441 g/mol. The van der Waals surface area contributed by atoms with Gasteiger partial charge in [0.05, 0.1) is 15.3 Å². The molecule has 2 aliphatic carbocycles. The second kappa shape index (κ2) is 9.24. The molecule has 0 aromatic heterocycles. The van der Waals surface area contributed by atoms with Crippen LogP contribution in [0.1, 0.15) is 63.5 Å². The molecule has 2 N–H and O–H groups in total. The van der Waals surface area contributed by atoms with E-state index in [-0.39, 0.29) is 22.7 Å². The van der Waals surface area contributed by atoms with Crippen molar-refractivity contribution in [3.8, 4) is 0 Å². The molecule has 0 radical (unpaired) electrons. The highest BCUT2D eigenvalue weighted by Crippen LogP contribution is 2.46. The molecule has 0 bridgehead atoms. The summed E-state index contributed by atoms with van der Waals surface area (Å²) in [7, 11) is -3.11. The van der Waals surface area contributed by atoms with E-state index in [1.165, 1.54) is 0 Å². The molecule has 1 saturated heterocycles. The quantitative estimate of drug-likeness (QED) is 0.617. The first-order chi connectivity index (χ1) is 14.3. The predicted octanol–water partition coefficient (Wildman–Crippen LogP) is 4.36. The maximum Gasteiger partial charge on any atom is 0.214 e. The van der Waals surface area contributed by atoms with Gasteiger partial charge in [0.15, 0.2) is 0 Å². The second-order valence-electron chi connectivity index (χ2n) is 9.60. The number of rotatable bonds is 7. The number of halogens is 2. The van der Waals surface area contributed by atoms with Crippen molar-refractivity contribution in [1.29, 1.82) is 0 Å². The second-order valence-corrected chi connectivity index (χ2v) is 12.4. The average molecular weight is 474 g/mol. The lowest BCUT2D eigenvalue weighted by atomic mass is 9.69. The van der Waals surface area contributed by atoms with Gasteiger partial charge in [0, 0.05) is 38.3 Å². The van der Waals surface area contributed by atoms with Crippen LogP contribution in [0.25, 0.3) is 0 Å². The van der Waals surface area contributed by atoms with Crippen LogP contribution in [-0.2, 0) is 10.0 Å². The highest BCUT2D eigenvalue weighted by atomic mass is 35.5. The van der Waals surface area contributed by atoms with Crippen molar-refractivity contribution in [3.63, 3.8) is 0 Å². The predicted molar refractivity (Wildman–Crippen MR) is 124 cm³/mol. The summed E-state index contributed by atoms with van der Waals surface area (Å²) in [5, 5.41) is 4.56. The van der Waals surface area contributed by atoms with Crippen LogP contribution in [0.2, 0.25) is 10.0 Å². The molecule has 1 aromatic carbocycles. The summed E-state index contributed by atoms with van der Waals surface area (Å²) >= 11 is 13.0. The molecule has 0 spiro atoms. The van der Waals surface area contributed by atoms with Gasteiger partial charge in [-0.2, -0.15) is 0 Å². The molecule has 3 fully saturated rings. The van der Waals surface area contributed by atoms with E-state index in [4.69, 9.17) is 23.2 Å². The first-order valence-electron chi connectivity index (χ1n) is 11.2. The van der Waals surface area contributed by atoms with Crippen molar-refractivity contribution in [1.82, 2.24) is 14.9 Å². The van der Waals surface area contributed by atoms with Gasteiger partial charge in [-0.3, -0.25) is 4.90 Å². The van der Waals surface area contributed by atoms with Crippen LogP contribution in [0.3, 0.4) is 0 Å². The number of benzene rings is 1. The largest absolute Gasteiger partial charge is 0.314 e. The van der Waals surface area contributed by atoms with Crippen LogP contribution in [0.4, 0.5) is 0 Å². The summed E-state index contributed by atoms with van der Waals surface area (Å²) in [4.78, 5) is 2.53. The third-order valence-corrected chi connectivity index (χ3v) is 9.95. The molecule has 8 heteroatoms. The van der Waals surface area contributed by atoms with Crippen LogP contribution < -0.4 is 10.0 Å². The minimum Gasteiger partial charge on any atom is -0.314 e. The van der Waals surface area contributed by atoms with Crippen LogP contribution >= 0.6 is 23.2 Å². The van der Waals surface area contributed by atoms with E-state index < -0.39 is 10.0 Å². The number of sulfonamides is 1. The van der Waals surface area contributed by atoms with Gasteiger partial charge in [0.25, 0.3) is 0 Å². The fourth-order valence-electron chi connectivity index (χ4n) is 5.02. The first-order valence-corrected chi connectivity index (χ1v) is 13.5. The third-order valence-electron chi connectivity index (χ3n) is 7.11. The Hall–Kier alpha value is -0.370. The van der Waals surface area contributed by atoms with Crippen molar-refractivity contribution in [2.45, 2.75) is 69.2 Å². The zero-order valence-electron chi connectivity index (χ0n) is 17.7. The number of nitrogens with one attached hydrogen (secondary N) is 2. The Labute approximate surface area is 190 Å². The molecule has 1 unspecified atom stereocenters. The number of piperazine rings is 1. The molecular formula is C22H33Cl2N3O2S. The molecule has 4 rings (SSSR count). The average Bonchev–Trinajstić information content (AvgIpc) is 3.57. The highest BCUT2D eigenvalue weighted by molar-refractivity contribution is 7.90. The van der Waals surface area contributed by atoms with E-state index in [0.717, 1.165) is 76.7 Å². The Kier molecular flexibility index (Phi) is 7.03. The lowest BCUT2D eigenvalue weighted by Gasteiger charge is -2.44. The maximum absolute atomic E-state index is 12.3. The number of hydrogen-bond acceptors (Lipinski definition) is 4. The van der Waals surface area contributed by atoms with Gasteiger partial charge in [-0.15, -0.1) is 0 Å². The lowest BCUT2D eigenvalue weighted by Crippen LogP contribution is -2.47. The number of nitrogens with zero attached hydrogens (tertiary/aromatic N) is 1.